The third-order valence-corrected chi connectivity index (χ3v) is 2.61. The molecule has 2 rings (SSSR count). The summed E-state index contributed by atoms with van der Waals surface area (Å²) in [6.45, 7) is 1.85. The highest BCUT2D eigenvalue weighted by atomic mass is 16.5. The second kappa shape index (κ2) is 4.37. The predicted octanol–water partition coefficient (Wildman–Crippen LogP) is 2.25. The maximum Gasteiger partial charge on any atom is 0.175 e. The van der Waals surface area contributed by atoms with Gasteiger partial charge in [-0.3, -0.25) is 0 Å². The molecule has 0 aliphatic carbocycles. The first-order valence-electron chi connectivity index (χ1n) is 5.12. The van der Waals surface area contributed by atoms with E-state index in [4.69, 9.17) is 19.7 Å². The average molecular weight is 234 g/mol. The summed E-state index contributed by atoms with van der Waals surface area (Å²) >= 11 is 0. The summed E-state index contributed by atoms with van der Waals surface area (Å²) in [5.74, 6) is 2.22. The van der Waals surface area contributed by atoms with Gasteiger partial charge in [-0.05, 0) is 19.1 Å². The molecule has 17 heavy (non-hydrogen) atoms. The van der Waals surface area contributed by atoms with Crippen molar-refractivity contribution < 1.29 is 14.0 Å². The number of ether oxygens (including phenoxy) is 2. The Morgan fingerprint density at radius 1 is 1.24 bits per heavy atom. The molecule has 0 fully saturated rings. The minimum atomic E-state index is 0.380. The molecule has 0 saturated heterocycles. The molecule has 0 aliphatic rings. The molecular formula is C12H14N2O3. The van der Waals surface area contributed by atoms with E-state index in [1.165, 1.54) is 0 Å². The minimum absolute atomic E-state index is 0.380. The molecule has 0 saturated carbocycles. The Morgan fingerprint density at radius 3 is 2.53 bits per heavy atom. The van der Waals surface area contributed by atoms with Crippen molar-refractivity contribution >= 4 is 5.82 Å². The van der Waals surface area contributed by atoms with Crippen LogP contribution in [0.25, 0.3) is 11.3 Å². The third-order valence-electron chi connectivity index (χ3n) is 2.61. The molecule has 1 aromatic carbocycles. The lowest BCUT2D eigenvalue weighted by Gasteiger charge is -2.10. The average Bonchev–Trinajstić information content (AvgIpc) is 2.69. The normalized spacial score (nSPS) is 10.3. The van der Waals surface area contributed by atoms with E-state index in [9.17, 15) is 0 Å². The summed E-state index contributed by atoms with van der Waals surface area (Å²) in [7, 11) is 3.17. The molecule has 0 aliphatic heterocycles. The van der Waals surface area contributed by atoms with Crippen molar-refractivity contribution in [3.05, 3.63) is 23.8 Å². The maximum absolute atomic E-state index is 5.66. The summed E-state index contributed by atoms with van der Waals surface area (Å²) in [4.78, 5) is 0. The number of nitrogens with zero attached hydrogens (tertiary/aromatic N) is 1. The fraction of sp³-hybridized carbons (Fsp3) is 0.250. The van der Waals surface area contributed by atoms with Gasteiger partial charge in [-0.25, -0.2) is 0 Å². The Labute approximate surface area is 99.1 Å². The van der Waals surface area contributed by atoms with Gasteiger partial charge in [-0.15, -0.1) is 0 Å². The zero-order valence-electron chi connectivity index (χ0n) is 9.98. The predicted molar refractivity (Wildman–Crippen MR) is 64.2 cm³/mol. The van der Waals surface area contributed by atoms with Crippen molar-refractivity contribution in [1.29, 1.82) is 0 Å². The van der Waals surface area contributed by atoms with Crippen molar-refractivity contribution in [1.82, 2.24) is 5.16 Å². The van der Waals surface area contributed by atoms with Crippen LogP contribution in [0.2, 0.25) is 0 Å². The summed E-state index contributed by atoms with van der Waals surface area (Å²) in [6.07, 6.45) is 0. The van der Waals surface area contributed by atoms with Crippen molar-refractivity contribution in [2.24, 2.45) is 0 Å². The van der Waals surface area contributed by atoms with Crippen LogP contribution < -0.4 is 15.2 Å². The molecule has 0 atom stereocenters. The monoisotopic (exact) mass is 234 g/mol. The number of nitrogens with two attached hydrogens (primary N) is 1. The van der Waals surface area contributed by atoms with Crippen LogP contribution in [0.15, 0.2) is 22.7 Å². The molecule has 90 valence electrons. The summed E-state index contributed by atoms with van der Waals surface area (Å²) in [5.41, 5.74) is 7.22. The van der Waals surface area contributed by atoms with E-state index in [2.05, 4.69) is 5.16 Å². The minimum Gasteiger partial charge on any atom is -0.493 e. The van der Waals surface area contributed by atoms with Gasteiger partial charge in [0.15, 0.2) is 23.1 Å². The van der Waals surface area contributed by atoms with E-state index in [0.717, 1.165) is 11.1 Å². The molecule has 5 nitrogen and oxygen atoms in total. The van der Waals surface area contributed by atoms with Gasteiger partial charge in [0.2, 0.25) is 0 Å². The van der Waals surface area contributed by atoms with Crippen LogP contribution in [-0.2, 0) is 0 Å². The smallest absolute Gasteiger partial charge is 0.175 e. The van der Waals surface area contributed by atoms with Crippen molar-refractivity contribution in [2.45, 2.75) is 6.92 Å². The first kappa shape index (κ1) is 11.3. The number of anilines is 1. The van der Waals surface area contributed by atoms with E-state index in [0.29, 0.717) is 23.1 Å². The summed E-state index contributed by atoms with van der Waals surface area (Å²) in [6, 6.07) is 5.54. The van der Waals surface area contributed by atoms with E-state index in [-0.39, 0.29) is 0 Å². The molecular weight excluding hydrogens is 220 g/mol. The van der Waals surface area contributed by atoms with Crippen LogP contribution in [0.3, 0.4) is 0 Å². The topological polar surface area (TPSA) is 70.5 Å². The van der Waals surface area contributed by atoms with Crippen molar-refractivity contribution in [3.8, 4) is 22.8 Å². The highest BCUT2D eigenvalue weighted by Crippen LogP contribution is 2.39. The Kier molecular flexibility index (Phi) is 2.91. The zero-order valence-corrected chi connectivity index (χ0v) is 9.98. The molecule has 0 radical (unpaired) electrons. The Bertz CT molecular complexity index is 535. The molecule has 1 aromatic heterocycles. The van der Waals surface area contributed by atoms with Crippen molar-refractivity contribution in [2.75, 3.05) is 20.0 Å². The highest BCUT2D eigenvalue weighted by molar-refractivity contribution is 5.74. The van der Waals surface area contributed by atoms with Gasteiger partial charge in [0.05, 0.1) is 19.8 Å². The standard InChI is InChI=1S/C12H14N2O3/c1-7-10(17-14-12(7)13)8-5-4-6-9(15-2)11(8)16-3/h4-6H,1-3H3,(H2,13,14). The number of para-hydroxylation sites is 1. The Morgan fingerprint density at radius 2 is 2.00 bits per heavy atom. The number of hydrogen-bond donors (Lipinski definition) is 1. The summed E-state index contributed by atoms with van der Waals surface area (Å²) < 4.78 is 15.8. The third kappa shape index (κ3) is 1.80. The Balaban J connectivity index is 2.63. The fourth-order valence-electron chi connectivity index (χ4n) is 1.67. The Hall–Kier alpha value is -2.17. The van der Waals surface area contributed by atoms with Crippen LogP contribution in [0, 0.1) is 6.92 Å². The molecule has 2 aromatic rings. The van der Waals surface area contributed by atoms with Gasteiger partial charge in [0.25, 0.3) is 0 Å². The van der Waals surface area contributed by atoms with Gasteiger partial charge in [0.1, 0.15) is 0 Å². The van der Waals surface area contributed by atoms with Crippen LogP contribution in [-0.4, -0.2) is 19.4 Å². The number of methoxy groups -OCH3 is 2. The van der Waals surface area contributed by atoms with Crippen LogP contribution in [0.5, 0.6) is 11.5 Å². The largest absolute Gasteiger partial charge is 0.493 e. The van der Waals surface area contributed by atoms with Gasteiger partial charge in [-0.1, -0.05) is 11.2 Å². The molecule has 5 heteroatoms. The van der Waals surface area contributed by atoms with Crippen LogP contribution >= 0.6 is 0 Å². The van der Waals surface area contributed by atoms with E-state index < -0.39 is 0 Å². The quantitative estimate of drug-likeness (QED) is 0.881. The van der Waals surface area contributed by atoms with E-state index in [1.807, 2.05) is 25.1 Å². The number of nitrogen functional groups attached to an aromatic ring is 1. The van der Waals surface area contributed by atoms with E-state index in [1.54, 1.807) is 14.2 Å². The van der Waals surface area contributed by atoms with Gasteiger partial charge >= 0.3 is 0 Å². The van der Waals surface area contributed by atoms with Crippen LogP contribution in [0.4, 0.5) is 5.82 Å². The second-order valence-corrected chi connectivity index (χ2v) is 3.56. The lowest BCUT2D eigenvalue weighted by atomic mass is 10.1. The zero-order chi connectivity index (χ0) is 12.4. The molecule has 0 bridgehead atoms. The SMILES string of the molecule is COc1cccc(-c2onc(N)c2C)c1OC. The van der Waals surface area contributed by atoms with Crippen LogP contribution in [0.1, 0.15) is 5.56 Å². The fourth-order valence-corrected chi connectivity index (χ4v) is 1.67. The summed E-state index contributed by atoms with van der Waals surface area (Å²) in [5, 5.41) is 3.73. The highest BCUT2D eigenvalue weighted by Gasteiger charge is 2.18. The molecule has 0 unspecified atom stereocenters. The van der Waals surface area contributed by atoms with Crippen molar-refractivity contribution in [3.63, 3.8) is 0 Å². The first-order valence-corrected chi connectivity index (χ1v) is 5.12. The lowest BCUT2D eigenvalue weighted by Crippen LogP contribution is -1.93. The van der Waals surface area contributed by atoms with E-state index >= 15 is 0 Å². The van der Waals surface area contributed by atoms with Gasteiger partial charge in [0, 0.05) is 5.56 Å². The lowest BCUT2D eigenvalue weighted by molar-refractivity contribution is 0.354. The number of aromatic nitrogens is 1. The number of hydrogen-bond acceptors (Lipinski definition) is 5. The molecule has 0 spiro atoms. The van der Waals surface area contributed by atoms with Gasteiger partial charge < -0.3 is 19.7 Å². The molecule has 2 N–H and O–H groups in total. The molecule has 1 heterocycles. The maximum atomic E-state index is 5.66. The number of rotatable bonds is 3. The number of benzene rings is 1. The second-order valence-electron chi connectivity index (χ2n) is 3.56. The molecule has 0 amide bonds. The first-order chi connectivity index (χ1) is 8.19. The van der Waals surface area contributed by atoms with Gasteiger partial charge in [-0.2, -0.15) is 0 Å².